The lowest BCUT2D eigenvalue weighted by atomic mass is 9.98. The Hall–Kier alpha value is -3.34. The third kappa shape index (κ3) is 6.07. The monoisotopic (exact) mass is 418 g/mol. The Kier molecular flexibility index (Phi) is 6.95. The molecule has 162 valence electrons. The lowest BCUT2D eigenvalue weighted by molar-refractivity contribution is 0.0528. The molecular formula is C26H30N2O3. The van der Waals surface area contributed by atoms with E-state index in [1.165, 1.54) is 0 Å². The molecule has 0 saturated carbocycles. The zero-order chi connectivity index (χ0) is 22.4. The van der Waals surface area contributed by atoms with Gasteiger partial charge in [0.25, 0.3) is 5.91 Å². The van der Waals surface area contributed by atoms with Gasteiger partial charge < -0.3 is 15.4 Å². The fourth-order valence-corrected chi connectivity index (χ4v) is 3.55. The number of nitrogens with one attached hydrogen (secondary N) is 2. The second-order valence-electron chi connectivity index (χ2n) is 8.60. The molecule has 5 heteroatoms. The maximum atomic E-state index is 13.0. The number of amides is 2. The topological polar surface area (TPSA) is 67.4 Å². The first kappa shape index (κ1) is 22.3. The Balaban J connectivity index is 1.67. The van der Waals surface area contributed by atoms with E-state index in [4.69, 9.17) is 4.74 Å². The molecule has 0 fully saturated rings. The first-order chi connectivity index (χ1) is 14.7. The van der Waals surface area contributed by atoms with Crippen LogP contribution in [0.1, 0.15) is 55.2 Å². The molecule has 0 bridgehead atoms. The molecule has 3 rings (SSSR count). The average Bonchev–Trinajstić information content (AvgIpc) is 2.72. The highest BCUT2D eigenvalue weighted by Gasteiger charge is 2.18. The van der Waals surface area contributed by atoms with Crippen LogP contribution in [0.4, 0.5) is 4.79 Å². The van der Waals surface area contributed by atoms with Crippen LogP contribution in [0, 0.1) is 0 Å². The minimum Gasteiger partial charge on any atom is -0.444 e. The molecule has 2 N–H and O–H groups in total. The number of hydrogen-bond donors (Lipinski definition) is 2. The standard InChI is InChI=1S/C26H30N2O3/c1-18(21-15-9-12-19-10-5-7-13-22(19)21)28-24(29)23-14-8-6-11-20(23)16-17-27-25(30)31-26(2,3)4/h5-15,18H,16-17H2,1-4H3,(H,27,30)(H,28,29). The van der Waals surface area contributed by atoms with Gasteiger partial charge in [-0.05, 0) is 62.1 Å². The minimum atomic E-state index is -0.542. The Morgan fingerprint density at radius 1 is 0.935 bits per heavy atom. The molecule has 2 amide bonds. The maximum absolute atomic E-state index is 13.0. The first-order valence-corrected chi connectivity index (χ1v) is 10.6. The van der Waals surface area contributed by atoms with Crippen molar-refractivity contribution in [3.05, 3.63) is 83.4 Å². The van der Waals surface area contributed by atoms with Gasteiger partial charge in [-0.2, -0.15) is 0 Å². The number of ether oxygens (including phenoxy) is 1. The Morgan fingerprint density at radius 2 is 1.61 bits per heavy atom. The van der Waals surface area contributed by atoms with Gasteiger partial charge in [0.15, 0.2) is 0 Å². The van der Waals surface area contributed by atoms with Crippen LogP contribution < -0.4 is 10.6 Å². The molecule has 1 atom stereocenters. The van der Waals surface area contributed by atoms with Crippen LogP contribution in [0.15, 0.2) is 66.7 Å². The van der Waals surface area contributed by atoms with Crippen LogP contribution in [0.25, 0.3) is 10.8 Å². The fraction of sp³-hybridized carbons (Fsp3) is 0.308. The molecule has 1 unspecified atom stereocenters. The van der Waals surface area contributed by atoms with Crippen molar-refractivity contribution in [1.29, 1.82) is 0 Å². The second-order valence-corrected chi connectivity index (χ2v) is 8.60. The van der Waals surface area contributed by atoms with E-state index in [-0.39, 0.29) is 11.9 Å². The lowest BCUT2D eigenvalue weighted by Gasteiger charge is -2.20. The SMILES string of the molecule is CC(NC(=O)c1ccccc1CCNC(=O)OC(C)(C)C)c1cccc2ccccc12. The number of hydrogen-bond acceptors (Lipinski definition) is 3. The van der Waals surface area contributed by atoms with Crippen molar-refractivity contribution < 1.29 is 14.3 Å². The van der Waals surface area contributed by atoms with Gasteiger partial charge in [0, 0.05) is 12.1 Å². The number of fused-ring (bicyclic) bond motifs is 1. The molecule has 3 aromatic carbocycles. The molecule has 5 nitrogen and oxygen atoms in total. The summed E-state index contributed by atoms with van der Waals surface area (Å²) in [6.45, 7) is 7.85. The van der Waals surface area contributed by atoms with Gasteiger partial charge in [-0.25, -0.2) is 4.79 Å². The van der Waals surface area contributed by atoms with E-state index in [0.717, 1.165) is 21.9 Å². The second kappa shape index (κ2) is 9.65. The van der Waals surface area contributed by atoms with Gasteiger partial charge in [0.1, 0.15) is 5.60 Å². The smallest absolute Gasteiger partial charge is 0.407 e. The van der Waals surface area contributed by atoms with Crippen LogP contribution in [-0.4, -0.2) is 24.1 Å². The Morgan fingerprint density at radius 3 is 2.39 bits per heavy atom. The summed E-state index contributed by atoms with van der Waals surface area (Å²) in [6.07, 6.45) is 0.0740. The molecular weight excluding hydrogens is 388 g/mol. The van der Waals surface area contributed by atoms with Gasteiger partial charge in [0.05, 0.1) is 6.04 Å². The first-order valence-electron chi connectivity index (χ1n) is 10.6. The molecule has 0 radical (unpaired) electrons. The zero-order valence-corrected chi connectivity index (χ0v) is 18.6. The van der Waals surface area contributed by atoms with Crippen LogP contribution in [0.2, 0.25) is 0 Å². The number of benzene rings is 3. The maximum Gasteiger partial charge on any atom is 0.407 e. The predicted octanol–water partition coefficient (Wildman–Crippen LogP) is 5.40. The Bertz CT molecular complexity index is 1060. The van der Waals surface area contributed by atoms with Crippen LogP contribution in [0.5, 0.6) is 0 Å². The molecule has 0 aromatic heterocycles. The third-order valence-electron chi connectivity index (χ3n) is 4.96. The van der Waals surface area contributed by atoms with Crippen molar-refractivity contribution in [3.63, 3.8) is 0 Å². The highest BCUT2D eigenvalue weighted by Crippen LogP contribution is 2.24. The van der Waals surface area contributed by atoms with Gasteiger partial charge >= 0.3 is 6.09 Å². The summed E-state index contributed by atoms with van der Waals surface area (Å²) in [6, 6.07) is 21.6. The van der Waals surface area contributed by atoms with Crippen LogP contribution >= 0.6 is 0 Å². The van der Waals surface area contributed by atoms with E-state index in [1.807, 2.05) is 76.2 Å². The van der Waals surface area contributed by atoms with E-state index in [0.29, 0.717) is 18.5 Å². The summed E-state index contributed by atoms with van der Waals surface area (Å²) >= 11 is 0. The van der Waals surface area contributed by atoms with E-state index >= 15 is 0 Å². The minimum absolute atomic E-state index is 0.131. The van der Waals surface area contributed by atoms with Crippen molar-refractivity contribution in [1.82, 2.24) is 10.6 Å². The summed E-state index contributed by atoms with van der Waals surface area (Å²) in [5.41, 5.74) is 2.02. The van der Waals surface area contributed by atoms with E-state index in [2.05, 4.69) is 28.8 Å². The molecule has 0 saturated heterocycles. The average molecular weight is 419 g/mol. The van der Waals surface area contributed by atoms with Crippen molar-refractivity contribution in [3.8, 4) is 0 Å². The van der Waals surface area contributed by atoms with Crippen molar-refractivity contribution in [2.75, 3.05) is 6.54 Å². The largest absolute Gasteiger partial charge is 0.444 e. The van der Waals surface area contributed by atoms with Crippen molar-refractivity contribution in [2.24, 2.45) is 0 Å². The summed E-state index contributed by atoms with van der Waals surface area (Å²) < 4.78 is 5.26. The van der Waals surface area contributed by atoms with Gasteiger partial charge in [-0.1, -0.05) is 60.7 Å². The quantitative estimate of drug-likeness (QED) is 0.563. The van der Waals surface area contributed by atoms with Gasteiger partial charge in [0.2, 0.25) is 0 Å². The zero-order valence-electron chi connectivity index (χ0n) is 18.6. The molecule has 0 spiro atoms. The Labute approximate surface area is 183 Å². The summed E-state index contributed by atoms with van der Waals surface area (Å²) in [4.78, 5) is 24.9. The third-order valence-corrected chi connectivity index (χ3v) is 4.96. The summed E-state index contributed by atoms with van der Waals surface area (Å²) in [5.74, 6) is -0.131. The summed E-state index contributed by atoms with van der Waals surface area (Å²) in [5, 5.41) is 8.15. The van der Waals surface area contributed by atoms with E-state index < -0.39 is 11.7 Å². The highest BCUT2D eigenvalue weighted by atomic mass is 16.6. The molecule has 0 heterocycles. The number of carbonyl (C=O) groups excluding carboxylic acids is 2. The molecule has 31 heavy (non-hydrogen) atoms. The molecule has 0 aliphatic heterocycles. The van der Waals surface area contributed by atoms with E-state index in [1.54, 1.807) is 0 Å². The predicted molar refractivity (Wildman–Crippen MR) is 124 cm³/mol. The number of rotatable bonds is 6. The molecule has 0 aliphatic rings. The van der Waals surface area contributed by atoms with E-state index in [9.17, 15) is 9.59 Å². The van der Waals surface area contributed by atoms with Crippen molar-refractivity contribution >= 4 is 22.8 Å². The fourth-order valence-electron chi connectivity index (χ4n) is 3.55. The van der Waals surface area contributed by atoms with Gasteiger partial charge in [-0.15, -0.1) is 0 Å². The highest BCUT2D eigenvalue weighted by molar-refractivity contribution is 5.96. The molecule has 3 aromatic rings. The van der Waals surface area contributed by atoms with Crippen LogP contribution in [-0.2, 0) is 11.2 Å². The summed E-state index contributed by atoms with van der Waals surface area (Å²) in [7, 11) is 0. The number of carbonyl (C=O) groups is 2. The number of alkyl carbamates (subject to hydrolysis) is 1. The van der Waals surface area contributed by atoms with Gasteiger partial charge in [-0.3, -0.25) is 4.79 Å². The normalized spacial score (nSPS) is 12.3. The molecule has 0 aliphatic carbocycles. The van der Waals surface area contributed by atoms with Crippen molar-refractivity contribution in [2.45, 2.75) is 45.8 Å². The lowest BCUT2D eigenvalue weighted by Crippen LogP contribution is -2.34. The van der Waals surface area contributed by atoms with Crippen LogP contribution in [0.3, 0.4) is 0 Å².